The van der Waals surface area contributed by atoms with Crippen LogP contribution in [-0.2, 0) is 19.4 Å². The standard InChI is InChI=1S/C20H29N5O2/c1-3-19-23-18(24-27-19)10-11-21-20(26)22-17-9-6-8-16(13-17)14-25-12-5-4-7-15(25)2/h6,8-9,13,15H,3-5,7,10-12,14H2,1-2H3,(H2,21,22,26). The van der Waals surface area contributed by atoms with Gasteiger partial charge in [-0.3, -0.25) is 4.90 Å². The molecule has 1 aliphatic heterocycles. The molecule has 7 heteroatoms. The zero-order valence-electron chi connectivity index (χ0n) is 16.2. The number of hydrogen-bond acceptors (Lipinski definition) is 5. The average molecular weight is 371 g/mol. The van der Waals surface area contributed by atoms with E-state index in [9.17, 15) is 4.79 Å². The predicted molar refractivity (Wildman–Crippen MR) is 105 cm³/mol. The van der Waals surface area contributed by atoms with Crippen LogP contribution in [0.15, 0.2) is 28.8 Å². The Morgan fingerprint density at radius 2 is 2.26 bits per heavy atom. The smallest absolute Gasteiger partial charge is 0.319 e. The van der Waals surface area contributed by atoms with Gasteiger partial charge in [0.05, 0.1) is 0 Å². The van der Waals surface area contributed by atoms with Gasteiger partial charge in [0.1, 0.15) is 0 Å². The minimum atomic E-state index is -0.224. The lowest BCUT2D eigenvalue weighted by atomic mass is 10.0. The topological polar surface area (TPSA) is 83.3 Å². The molecule has 27 heavy (non-hydrogen) atoms. The SMILES string of the molecule is CCc1nc(CCNC(=O)Nc2cccc(CN3CCCCC3C)c2)no1. The third kappa shape index (κ3) is 5.79. The van der Waals surface area contributed by atoms with Crippen LogP contribution < -0.4 is 10.6 Å². The van der Waals surface area contributed by atoms with Gasteiger partial charge in [-0.1, -0.05) is 30.6 Å². The average Bonchev–Trinajstić information content (AvgIpc) is 3.12. The van der Waals surface area contributed by atoms with Crippen molar-refractivity contribution in [1.82, 2.24) is 20.4 Å². The molecule has 1 fully saturated rings. The summed E-state index contributed by atoms with van der Waals surface area (Å²) in [5, 5.41) is 9.61. The van der Waals surface area contributed by atoms with Crippen LogP contribution in [-0.4, -0.2) is 40.2 Å². The van der Waals surface area contributed by atoms with Crippen molar-refractivity contribution in [2.24, 2.45) is 0 Å². The largest absolute Gasteiger partial charge is 0.339 e. The second kappa shape index (κ2) is 9.50. The molecular weight excluding hydrogens is 342 g/mol. The van der Waals surface area contributed by atoms with Gasteiger partial charge in [0, 0.05) is 37.7 Å². The number of benzene rings is 1. The molecule has 0 radical (unpaired) electrons. The second-order valence-corrected chi connectivity index (χ2v) is 7.10. The predicted octanol–water partition coefficient (Wildman–Crippen LogP) is 3.37. The van der Waals surface area contributed by atoms with Gasteiger partial charge >= 0.3 is 6.03 Å². The number of carbonyl (C=O) groups is 1. The van der Waals surface area contributed by atoms with Crippen LogP contribution in [0.3, 0.4) is 0 Å². The summed E-state index contributed by atoms with van der Waals surface area (Å²) >= 11 is 0. The molecule has 7 nitrogen and oxygen atoms in total. The number of piperidine rings is 1. The van der Waals surface area contributed by atoms with Gasteiger partial charge < -0.3 is 15.2 Å². The minimum Gasteiger partial charge on any atom is -0.339 e. The second-order valence-electron chi connectivity index (χ2n) is 7.10. The number of carbonyl (C=O) groups excluding carboxylic acids is 1. The van der Waals surface area contributed by atoms with Crippen LogP contribution in [0.1, 0.15) is 50.4 Å². The molecule has 1 saturated heterocycles. The van der Waals surface area contributed by atoms with Crippen molar-refractivity contribution >= 4 is 11.7 Å². The molecule has 0 bridgehead atoms. The molecule has 2 aromatic rings. The number of anilines is 1. The molecule has 0 spiro atoms. The van der Waals surface area contributed by atoms with Crippen molar-refractivity contribution in [3.05, 3.63) is 41.5 Å². The van der Waals surface area contributed by atoms with Crippen LogP contribution in [0.2, 0.25) is 0 Å². The van der Waals surface area contributed by atoms with Gasteiger partial charge in [0.2, 0.25) is 5.89 Å². The zero-order valence-corrected chi connectivity index (χ0v) is 16.2. The number of nitrogens with one attached hydrogen (secondary N) is 2. The van der Waals surface area contributed by atoms with E-state index in [4.69, 9.17) is 4.52 Å². The normalized spacial score (nSPS) is 17.6. The quantitative estimate of drug-likeness (QED) is 0.780. The molecule has 2 amide bonds. The van der Waals surface area contributed by atoms with Crippen LogP contribution in [0, 0.1) is 0 Å². The summed E-state index contributed by atoms with van der Waals surface area (Å²) in [5.41, 5.74) is 2.03. The Morgan fingerprint density at radius 3 is 3.04 bits per heavy atom. The zero-order chi connectivity index (χ0) is 19.1. The number of rotatable bonds is 7. The van der Waals surface area contributed by atoms with E-state index < -0.39 is 0 Å². The first-order chi connectivity index (χ1) is 13.1. The summed E-state index contributed by atoms with van der Waals surface area (Å²) in [4.78, 5) is 18.9. The number of nitrogens with zero attached hydrogens (tertiary/aromatic N) is 3. The highest BCUT2D eigenvalue weighted by Crippen LogP contribution is 2.20. The molecular formula is C20H29N5O2. The Balaban J connectivity index is 1.46. The number of likely N-dealkylation sites (tertiary alicyclic amines) is 1. The number of aromatic nitrogens is 2. The first-order valence-corrected chi connectivity index (χ1v) is 9.83. The van der Waals surface area contributed by atoms with E-state index in [0.717, 1.165) is 18.8 Å². The van der Waals surface area contributed by atoms with Gasteiger partial charge in [0.15, 0.2) is 5.82 Å². The highest BCUT2D eigenvalue weighted by molar-refractivity contribution is 5.89. The lowest BCUT2D eigenvalue weighted by molar-refractivity contribution is 0.152. The first-order valence-electron chi connectivity index (χ1n) is 9.83. The minimum absolute atomic E-state index is 0.224. The van der Waals surface area contributed by atoms with E-state index in [1.807, 2.05) is 25.1 Å². The van der Waals surface area contributed by atoms with Crippen molar-refractivity contribution in [3.63, 3.8) is 0 Å². The van der Waals surface area contributed by atoms with E-state index >= 15 is 0 Å². The van der Waals surface area contributed by atoms with E-state index in [1.165, 1.54) is 24.8 Å². The number of urea groups is 1. The Labute approximate surface area is 160 Å². The van der Waals surface area contributed by atoms with Crippen molar-refractivity contribution in [3.8, 4) is 0 Å². The Hall–Kier alpha value is -2.41. The van der Waals surface area contributed by atoms with Crippen LogP contribution in [0.5, 0.6) is 0 Å². The molecule has 1 aliphatic rings. The van der Waals surface area contributed by atoms with Gasteiger partial charge in [-0.2, -0.15) is 4.98 Å². The van der Waals surface area contributed by atoms with Crippen molar-refractivity contribution in [1.29, 1.82) is 0 Å². The highest BCUT2D eigenvalue weighted by Gasteiger charge is 2.18. The fraction of sp³-hybridized carbons (Fsp3) is 0.550. The van der Waals surface area contributed by atoms with E-state index in [1.54, 1.807) is 0 Å². The Bertz CT molecular complexity index is 745. The van der Waals surface area contributed by atoms with Crippen LogP contribution in [0.4, 0.5) is 10.5 Å². The summed E-state index contributed by atoms with van der Waals surface area (Å²) in [7, 11) is 0. The molecule has 1 aromatic heterocycles. The fourth-order valence-electron chi connectivity index (χ4n) is 3.37. The van der Waals surface area contributed by atoms with Crippen molar-refractivity contribution in [2.45, 2.75) is 58.5 Å². The summed E-state index contributed by atoms with van der Waals surface area (Å²) in [6, 6.07) is 8.47. The van der Waals surface area contributed by atoms with Gasteiger partial charge in [-0.15, -0.1) is 0 Å². The molecule has 3 rings (SSSR count). The maximum atomic E-state index is 12.1. The molecule has 1 aromatic carbocycles. The van der Waals surface area contributed by atoms with Crippen molar-refractivity contribution < 1.29 is 9.32 Å². The van der Waals surface area contributed by atoms with Crippen molar-refractivity contribution in [2.75, 3.05) is 18.4 Å². The van der Waals surface area contributed by atoms with E-state index in [0.29, 0.717) is 37.1 Å². The van der Waals surface area contributed by atoms with Gasteiger partial charge in [-0.25, -0.2) is 4.79 Å². The third-order valence-electron chi connectivity index (χ3n) is 4.96. The third-order valence-corrected chi connectivity index (χ3v) is 4.96. The molecule has 2 heterocycles. The lowest BCUT2D eigenvalue weighted by Crippen LogP contribution is -2.36. The maximum Gasteiger partial charge on any atom is 0.319 e. The fourth-order valence-corrected chi connectivity index (χ4v) is 3.37. The Kier molecular flexibility index (Phi) is 6.81. The molecule has 1 atom stereocenters. The van der Waals surface area contributed by atoms with Crippen LogP contribution >= 0.6 is 0 Å². The van der Waals surface area contributed by atoms with E-state index in [-0.39, 0.29) is 6.03 Å². The summed E-state index contributed by atoms with van der Waals surface area (Å²) < 4.78 is 5.06. The molecule has 146 valence electrons. The molecule has 0 saturated carbocycles. The highest BCUT2D eigenvalue weighted by atomic mass is 16.5. The van der Waals surface area contributed by atoms with Gasteiger partial charge in [-0.05, 0) is 44.0 Å². The lowest BCUT2D eigenvalue weighted by Gasteiger charge is -2.33. The summed E-state index contributed by atoms with van der Waals surface area (Å²) in [6.45, 7) is 6.79. The number of amides is 2. The van der Waals surface area contributed by atoms with E-state index in [2.05, 4.69) is 38.7 Å². The molecule has 1 unspecified atom stereocenters. The number of hydrogen-bond donors (Lipinski definition) is 2. The molecule has 2 N–H and O–H groups in total. The first kappa shape index (κ1) is 19.4. The van der Waals surface area contributed by atoms with Gasteiger partial charge in [0.25, 0.3) is 0 Å². The molecule has 0 aliphatic carbocycles. The summed E-state index contributed by atoms with van der Waals surface area (Å²) in [6.07, 6.45) is 5.12. The number of aryl methyl sites for hydroxylation is 1. The monoisotopic (exact) mass is 371 g/mol. The van der Waals surface area contributed by atoms with Crippen LogP contribution in [0.25, 0.3) is 0 Å². The Morgan fingerprint density at radius 1 is 1.37 bits per heavy atom. The maximum absolute atomic E-state index is 12.1. The summed E-state index contributed by atoms with van der Waals surface area (Å²) in [5.74, 6) is 1.24.